The second-order valence-corrected chi connectivity index (χ2v) is 1.03. The van der Waals surface area contributed by atoms with Crippen LogP contribution >= 0.6 is 0 Å². The van der Waals surface area contributed by atoms with E-state index in [9.17, 15) is 12.9 Å². The Hall–Kier alpha value is -0.405. The van der Waals surface area contributed by atoms with Crippen molar-refractivity contribution in [2.75, 3.05) is 0 Å². The van der Waals surface area contributed by atoms with Crippen LogP contribution in [-0.2, 0) is 0 Å². The number of hydrogen-bond acceptors (Lipinski definition) is 0. The molecule has 0 atom stereocenters. The van der Waals surface area contributed by atoms with Gasteiger partial charge >= 0.3 is 6.98 Å². The molecule has 7 heavy (non-hydrogen) atoms. The molecule has 0 aromatic rings. The summed E-state index contributed by atoms with van der Waals surface area (Å²) in [5.74, 6) is 1.22. The van der Waals surface area contributed by atoms with E-state index in [0.717, 1.165) is 6.08 Å². The highest BCUT2D eigenvalue weighted by Crippen LogP contribution is 2.07. The summed E-state index contributed by atoms with van der Waals surface area (Å²) in [5, 5.41) is 0. The standard InChI is InChI=1S/C3H4BF3/c1-2-3-4(5,6)7/h2H,1H3/q-1. The van der Waals surface area contributed by atoms with Crippen molar-refractivity contribution in [1.29, 1.82) is 0 Å². The van der Waals surface area contributed by atoms with E-state index in [1.165, 1.54) is 12.9 Å². The first-order chi connectivity index (χ1) is 3.06. The maximum atomic E-state index is 11.0. The zero-order valence-electron chi connectivity index (χ0n) is 3.79. The third-order valence-corrected chi connectivity index (χ3v) is 0.356. The zero-order chi connectivity index (χ0) is 5.91. The van der Waals surface area contributed by atoms with Crippen LogP contribution in [0.5, 0.6) is 0 Å². The Labute approximate surface area is 40.1 Å². The molecule has 0 aliphatic rings. The fourth-order valence-electron chi connectivity index (χ4n) is 0.189. The lowest BCUT2D eigenvalue weighted by molar-refractivity contribution is 0.494. The predicted molar refractivity (Wildman–Crippen MR) is 22.6 cm³/mol. The molecule has 0 fully saturated rings. The lowest BCUT2D eigenvalue weighted by atomic mass is 9.92. The number of halogens is 3. The van der Waals surface area contributed by atoms with Gasteiger partial charge in [-0.1, -0.05) is 0 Å². The molecule has 1 radical (unpaired) electrons. The second-order valence-electron chi connectivity index (χ2n) is 1.03. The Morgan fingerprint density at radius 2 is 1.86 bits per heavy atom. The Morgan fingerprint density at radius 3 is 1.86 bits per heavy atom. The van der Waals surface area contributed by atoms with Crippen molar-refractivity contribution in [1.82, 2.24) is 0 Å². The lowest BCUT2D eigenvalue weighted by Gasteiger charge is -2.03. The molecule has 0 heterocycles. The molecule has 0 aliphatic carbocycles. The zero-order valence-corrected chi connectivity index (χ0v) is 3.79. The predicted octanol–water partition coefficient (Wildman–Crippen LogP) is 1.75. The van der Waals surface area contributed by atoms with Crippen molar-refractivity contribution in [3.05, 3.63) is 12.1 Å². The molecule has 0 unspecified atom stereocenters. The number of rotatable bonds is 1. The largest absolute Gasteiger partial charge is 0.506 e. The molecule has 0 rings (SSSR count). The summed E-state index contributed by atoms with van der Waals surface area (Å²) >= 11 is 0. The van der Waals surface area contributed by atoms with Crippen molar-refractivity contribution in [3.63, 3.8) is 0 Å². The Kier molecular flexibility index (Phi) is 1.93. The first-order valence-corrected chi connectivity index (χ1v) is 1.81. The fourth-order valence-corrected chi connectivity index (χ4v) is 0.189. The average molecular weight is 108 g/mol. The Morgan fingerprint density at radius 1 is 1.43 bits per heavy atom. The van der Waals surface area contributed by atoms with E-state index in [1.807, 2.05) is 0 Å². The molecule has 0 nitrogen and oxygen atoms in total. The number of hydrogen-bond donors (Lipinski definition) is 0. The van der Waals surface area contributed by atoms with Crippen molar-refractivity contribution in [3.8, 4) is 0 Å². The molecule has 0 N–H and O–H groups in total. The van der Waals surface area contributed by atoms with Crippen molar-refractivity contribution >= 4 is 6.98 Å². The van der Waals surface area contributed by atoms with E-state index < -0.39 is 6.98 Å². The summed E-state index contributed by atoms with van der Waals surface area (Å²) in [7, 11) is 0. The van der Waals surface area contributed by atoms with E-state index in [4.69, 9.17) is 0 Å². The van der Waals surface area contributed by atoms with Crippen LogP contribution in [0.2, 0.25) is 0 Å². The minimum Gasteiger partial charge on any atom is -0.445 e. The molecule has 0 spiro atoms. The summed E-state index contributed by atoms with van der Waals surface area (Å²) in [6.45, 7) is -3.51. The molecule has 0 aliphatic heterocycles. The smallest absolute Gasteiger partial charge is 0.445 e. The van der Waals surface area contributed by atoms with Gasteiger partial charge in [0.05, 0.1) is 0 Å². The van der Waals surface area contributed by atoms with Crippen LogP contribution in [0.4, 0.5) is 12.9 Å². The minimum absolute atomic E-state index is 0.861. The molecule has 0 saturated heterocycles. The van der Waals surface area contributed by atoms with Crippen LogP contribution in [0.3, 0.4) is 0 Å². The van der Waals surface area contributed by atoms with Crippen molar-refractivity contribution in [2.24, 2.45) is 0 Å². The molecule has 0 aromatic carbocycles. The first kappa shape index (κ1) is 6.59. The van der Waals surface area contributed by atoms with Gasteiger partial charge in [-0.25, -0.2) is 0 Å². The highest BCUT2D eigenvalue weighted by atomic mass is 19.4. The molecule has 0 amide bonds. The molecule has 4 heteroatoms. The fraction of sp³-hybridized carbons (Fsp3) is 0.333. The van der Waals surface area contributed by atoms with E-state index in [1.54, 1.807) is 0 Å². The van der Waals surface area contributed by atoms with Crippen molar-refractivity contribution in [2.45, 2.75) is 6.92 Å². The van der Waals surface area contributed by atoms with E-state index >= 15 is 0 Å². The Bertz CT molecular complexity index is 72.7. The molecule has 0 saturated carbocycles. The van der Waals surface area contributed by atoms with Gasteiger partial charge < -0.3 is 12.9 Å². The van der Waals surface area contributed by atoms with E-state index in [0.29, 0.717) is 0 Å². The lowest BCUT2D eigenvalue weighted by Crippen LogP contribution is -2.10. The summed E-state index contributed by atoms with van der Waals surface area (Å²) in [4.78, 5) is 0. The topological polar surface area (TPSA) is 0 Å². The van der Waals surface area contributed by atoms with Gasteiger partial charge in [0.25, 0.3) is 0 Å². The SMILES string of the molecule is CC=[C][B-](F)(F)F. The van der Waals surface area contributed by atoms with Gasteiger partial charge in [0, 0.05) is 0 Å². The van der Waals surface area contributed by atoms with Crippen LogP contribution in [0.1, 0.15) is 6.92 Å². The van der Waals surface area contributed by atoms with Crippen LogP contribution in [0.15, 0.2) is 6.08 Å². The summed E-state index contributed by atoms with van der Waals surface area (Å²) in [6.07, 6.45) is 0.861. The van der Waals surface area contributed by atoms with Gasteiger partial charge in [-0.15, -0.1) is 12.1 Å². The van der Waals surface area contributed by atoms with E-state index in [2.05, 4.69) is 0 Å². The van der Waals surface area contributed by atoms with E-state index in [-0.39, 0.29) is 0 Å². The summed E-state index contributed by atoms with van der Waals surface area (Å²) < 4.78 is 32.9. The maximum absolute atomic E-state index is 11.0. The highest BCUT2D eigenvalue weighted by Gasteiger charge is 2.16. The van der Waals surface area contributed by atoms with Gasteiger partial charge in [0.2, 0.25) is 0 Å². The van der Waals surface area contributed by atoms with Gasteiger partial charge in [0.15, 0.2) is 0 Å². The number of allylic oxidation sites excluding steroid dienone is 1. The summed E-state index contributed by atoms with van der Waals surface area (Å²) in [6, 6.07) is 0. The average Bonchev–Trinajstić information content (AvgIpc) is 1.30. The van der Waals surface area contributed by atoms with Gasteiger partial charge in [-0.2, -0.15) is 0 Å². The van der Waals surface area contributed by atoms with Gasteiger partial charge in [0.1, 0.15) is 0 Å². The second kappa shape index (κ2) is 2.05. The normalized spacial score (nSPS) is 13.1. The highest BCUT2D eigenvalue weighted by molar-refractivity contribution is 6.61. The quantitative estimate of drug-likeness (QED) is 0.448. The monoisotopic (exact) mass is 108 g/mol. The third-order valence-electron chi connectivity index (χ3n) is 0.356. The van der Waals surface area contributed by atoms with Gasteiger partial charge in [-0.05, 0) is 6.92 Å². The van der Waals surface area contributed by atoms with Gasteiger partial charge in [-0.3, -0.25) is 0 Å². The van der Waals surface area contributed by atoms with Crippen LogP contribution < -0.4 is 0 Å². The van der Waals surface area contributed by atoms with Crippen molar-refractivity contribution < 1.29 is 12.9 Å². The van der Waals surface area contributed by atoms with Crippen LogP contribution in [0.25, 0.3) is 0 Å². The van der Waals surface area contributed by atoms with Crippen LogP contribution in [-0.4, -0.2) is 6.98 Å². The molecule has 41 valence electrons. The first-order valence-electron chi connectivity index (χ1n) is 1.81. The minimum atomic E-state index is -4.80. The van der Waals surface area contributed by atoms with Crippen LogP contribution in [0, 0.1) is 5.98 Å². The molecule has 0 bridgehead atoms. The molecular weight excluding hydrogens is 104 g/mol. The summed E-state index contributed by atoms with van der Waals surface area (Å²) in [5.41, 5.74) is 0. The molecular formula is C3H4BF3-. The maximum Gasteiger partial charge on any atom is 0.506 e. The Balaban J connectivity index is 3.56. The molecule has 0 aromatic heterocycles. The third kappa shape index (κ3) is 5.59.